The molecule has 0 aromatic heterocycles. The molecule has 1 saturated carbocycles. The van der Waals surface area contributed by atoms with Crippen molar-refractivity contribution >= 4 is 21.8 Å². The normalized spacial score (nSPS) is 23.7. The molecule has 1 aromatic rings. The number of carbonyl (C=O) groups excluding carboxylic acids is 1. The van der Waals surface area contributed by atoms with Gasteiger partial charge >= 0.3 is 0 Å². The molecule has 0 spiro atoms. The second-order valence-electron chi connectivity index (χ2n) is 5.22. The number of hydrogen-bond donors (Lipinski definition) is 1. The average molecular weight is 328 g/mol. The van der Waals surface area contributed by atoms with Crippen molar-refractivity contribution in [2.75, 3.05) is 0 Å². The fraction of sp³-hybridized carbons (Fsp3) is 0.533. The first kappa shape index (κ1) is 14.5. The molecular formula is C15H19BrFNO. The van der Waals surface area contributed by atoms with Gasteiger partial charge in [0.25, 0.3) is 5.91 Å². The van der Waals surface area contributed by atoms with Crippen molar-refractivity contribution < 1.29 is 9.18 Å². The lowest BCUT2D eigenvalue weighted by Gasteiger charge is -2.21. The van der Waals surface area contributed by atoms with Gasteiger partial charge in [-0.2, -0.15) is 0 Å². The molecule has 1 aromatic carbocycles. The van der Waals surface area contributed by atoms with E-state index in [1.165, 1.54) is 18.9 Å². The first-order chi connectivity index (χ1) is 9.08. The summed E-state index contributed by atoms with van der Waals surface area (Å²) in [6, 6.07) is 4.81. The summed E-state index contributed by atoms with van der Waals surface area (Å²) in [7, 11) is 0. The molecule has 0 heterocycles. The highest BCUT2D eigenvalue weighted by Gasteiger charge is 2.24. The predicted molar refractivity (Wildman–Crippen MR) is 78.2 cm³/mol. The second kappa shape index (κ2) is 6.51. The van der Waals surface area contributed by atoms with E-state index in [0.29, 0.717) is 0 Å². The van der Waals surface area contributed by atoms with Crippen LogP contribution in [0.3, 0.4) is 0 Å². The summed E-state index contributed by atoms with van der Waals surface area (Å²) in [4.78, 5) is 12.4. The Hall–Kier alpha value is -0.900. The Morgan fingerprint density at radius 1 is 1.32 bits per heavy atom. The van der Waals surface area contributed by atoms with Crippen molar-refractivity contribution in [3.8, 4) is 0 Å². The topological polar surface area (TPSA) is 29.1 Å². The predicted octanol–water partition coefficient (Wildman–Crippen LogP) is 3.96. The number of alkyl halides is 1. The van der Waals surface area contributed by atoms with Gasteiger partial charge in [-0.25, -0.2) is 4.39 Å². The molecule has 1 amide bonds. The minimum Gasteiger partial charge on any atom is -0.348 e. The Kier molecular flexibility index (Phi) is 4.97. The van der Waals surface area contributed by atoms with Crippen LogP contribution in [0.4, 0.5) is 4.39 Å². The maximum Gasteiger partial charge on any atom is 0.254 e. The minimum absolute atomic E-state index is 0.0932. The number of rotatable bonds is 2. The third kappa shape index (κ3) is 3.78. The van der Waals surface area contributed by atoms with Gasteiger partial charge in [0.15, 0.2) is 0 Å². The number of halogens is 2. The molecule has 1 N–H and O–H groups in total. The number of aryl methyl sites for hydroxylation is 1. The number of amides is 1. The lowest BCUT2D eigenvalue weighted by molar-refractivity contribution is 0.0931. The van der Waals surface area contributed by atoms with E-state index in [2.05, 4.69) is 21.2 Å². The summed E-state index contributed by atoms with van der Waals surface area (Å²) in [5.74, 6) is -0.758. The van der Waals surface area contributed by atoms with Gasteiger partial charge in [0.05, 0.1) is 5.56 Å². The van der Waals surface area contributed by atoms with Crippen LogP contribution in [0.2, 0.25) is 0 Å². The van der Waals surface area contributed by atoms with Crippen molar-refractivity contribution in [1.29, 1.82) is 0 Å². The highest BCUT2D eigenvalue weighted by Crippen LogP contribution is 2.24. The summed E-state index contributed by atoms with van der Waals surface area (Å²) in [5.41, 5.74) is 0.955. The molecule has 2 rings (SSSR count). The fourth-order valence-electron chi connectivity index (χ4n) is 2.48. The number of carbonyl (C=O) groups is 1. The Bertz CT molecular complexity index is 463. The van der Waals surface area contributed by atoms with Crippen LogP contribution in [0.15, 0.2) is 18.2 Å². The highest BCUT2D eigenvalue weighted by atomic mass is 79.9. The summed E-state index contributed by atoms with van der Waals surface area (Å²) in [6.45, 7) is 1.81. The van der Waals surface area contributed by atoms with E-state index in [9.17, 15) is 9.18 Å². The molecule has 0 bridgehead atoms. The van der Waals surface area contributed by atoms with E-state index in [-0.39, 0.29) is 22.3 Å². The zero-order chi connectivity index (χ0) is 13.8. The fourth-order valence-corrected chi connectivity index (χ4v) is 3.20. The maximum atomic E-state index is 13.8. The van der Waals surface area contributed by atoms with E-state index in [0.717, 1.165) is 24.8 Å². The van der Waals surface area contributed by atoms with Crippen molar-refractivity contribution in [2.24, 2.45) is 0 Å². The number of benzene rings is 1. The Labute approximate surface area is 121 Å². The van der Waals surface area contributed by atoms with Gasteiger partial charge in [-0.3, -0.25) is 4.79 Å². The first-order valence-electron chi connectivity index (χ1n) is 6.79. The van der Waals surface area contributed by atoms with Crippen LogP contribution in [0.25, 0.3) is 0 Å². The van der Waals surface area contributed by atoms with E-state index < -0.39 is 5.82 Å². The number of hydrogen-bond acceptors (Lipinski definition) is 1. The molecule has 1 fully saturated rings. The van der Waals surface area contributed by atoms with E-state index in [1.807, 2.05) is 6.92 Å². The van der Waals surface area contributed by atoms with Crippen molar-refractivity contribution in [3.63, 3.8) is 0 Å². The zero-order valence-corrected chi connectivity index (χ0v) is 12.7. The van der Waals surface area contributed by atoms with Crippen LogP contribution in [-0.2, 0) is 0 Å². The summed E-state index contributed by atoms with van der Waals surface area (Å²) < 4.78 is 13.8. The molecular weight excluding hydrogens is 309 g/mol. The summed E-state index contributed by atoms with van der Waals surface area (Å²) in [5, 5.41) is 2.96. The zero-order valence-electron chi connectivity index (χ0n) is 11.1. The Morgan fingerprint density at radius 2 is 2.05 bits per heavy atom. The van der Waals surface area contributed by atoms with Crippen LogP contribution in [0.1, 0.15) is 48.0 Å². The SMILES string of the molecule is Cc1ccc(C(=O)NC2CCCCCC2Br)c(F)c1. The Balaban J connectivity index is 2.07. The van der Waals surface area contributed by atoms with Gasteiger partial charge in [-0.1, -0.05) is 41.3 Å². The van der Waals surface area contributed by atoms with Gasteiger partial charge < -0.3 is 5.32 Å². The van der Waals surface area contributed by atoms with Gasteiger partial charge in [0.2, 0.25) is 0 Å². The summed E-state index contributed by atoms with van der Waals surface area (Å²) >= 11 is 3.63. The standard InChI is InChI=1S/C15H19BrFNO/c1-10-7-8-11(13(17)9-10)15(19)18-14-6-4-2-3-5-12(14)16/h7-9,12,14H,2-6H2,1H3,(H,18,19). The molecule has 0 radical (unpaired) electrons. The lowest BCUT2D eigenvalue weighted by atomic mass is 10.1. The maximum absolute atomic E-state index is 13.8. The molecule has 4 heteroatoms. The van der Waals surface area contributed by atoms with E-state index in [4.69, 9.17) is 0 Å². The molecule has 2 atom stereocenters. The smallest absolute Gasteiger partial charge is 0.254 e. The van der Waals surface area contributed by atoms with Gasteiger partial charge in [-0.15, -0.1) is 0 Å². The van der Waals surface area contributed by atoms with Crippen LogP contribution in [0, 0.1) is 12.7 Å². The van der Waals surface area contributed by atoms with Crippen LogP contribution >= 0.6 is 15.9 Å². The third-order valence-corrected chi connectivity index (χ3v) is 4.71. The first-order valence-corrected chi connectivity index (χ1v) is 7.70. The largest absolute Gasteiger partial charge is 0.348 e. The van der Waals surface area contributed by atoms with Crippen molar-refractivity contribution in [3.05, 3.63) is 35.1 Å². The highest BCUT2D eigenvalue weighted by molar-refractivity contribution is 9.09. The summed E-state index contributed by atoms with van der Waals surface area (Å²) in [6.07, 6.45) is 5.51. The lowest BCUT2D eigenvalue weighted by Crippen LogP contribution is -2.40. The molecule has 2 unspecified atom stereocenters. The molecule has 19 heavy (non-hydrogen) atoms. The molecule has 1 aliphatic rings. The van der Waals surface area contributed by atoms with E-state index >= 15 is 0 Å². The quantitative estimate of drug-likeness (QED) is 0.646. The van der Waals surface area contributed by atoms with Gasteiger partial charge in [-0.05, 0) is 37.5 Å². The third-order valence-electron chi connectivity index (χ3n) is 3.62. The molecule has 0 aliphatic heterocycles. The molecule has 0 saturated heterocycles. The monoisotopic (exact) mass is 327 g/mol. The van der Waals surface area contributed by atoms with Crippen LogP contribution < -0.4 is 5.32 Å². The Morgan fingerprint density at radius 3 is 2.79 bits per heavy atom. The second-order valence-corrected chi connectivity index (χ2v) is 6.39. The average Bonchev–Trinajstić information content (AvgIpc) is 2.55. The van der Waals surface area contributed by atoms with Gasteiger partial charge in [0, 0.05) is 10.9 Å². The molecule has 1 aliphatic carbocycles. The van der Waals surface area contributed by atoms with Crippen LogP contribution in [-0.4, -0.2) is 16.8 Å². The number of nitrogens with one attached hydrogen (secondary N) is 1. The van der Waals surface area contributed by atoms with Crippen LogP contribution in [0.5, 0.6) is 0 Å². The minimum atomic E-state index is -0.447. The molecule has 2 nitrogen and oxygen atoms in total. The van der Waals surface area contributed by atoms with Crippen molar-refractivity contribution in [1.82, 2.24) is 5.32 Å². The van der Waals surface area contributed by atoms with E-state index in [1.54, 1.807) is 12.1 Å². The molecule has 104 valence electrons. The van der Waals surface area contributed by atoms with Crippen molar-refractivity contribution in [2.45, 2.75) is 49.9 Å². The van der Waals surface area contributed by atoms with Gasteiger partial charge in [0.1, 0.15) is 5.82 Å².